The lowest BCUT2D eigenvalue weighted by Gasteiger charge is -2.23. The van der Waals surface area contributed by atoms with Crippen molar-refractivity contribution in [1.29, 1.82) is 0 Å². The van der Waals surface area contributed by atoms with Crippen molar-refractivity contribution in [2.45, 2.75) is 18.9 Å². The van der Waals surface area contributed by atoms with Gasteiger partial charge < -0.3 is 14.6 Å². The van der Waals surface area contributed by atoms with E-state index >= 15 is 0 Å². The van der Waals surface area contributed by atoms with Crippen LogP contribution < -0.4 is 4.90 Å². The van der Waals surface area contributed by atoms with E-state index in [0.717, 1.165) is 58.1 Å². The fraction of sp³-hybridized carbons (Fsp3) is 0.231. The van der Waals surface area contributed by atoms with E-state index in [1.54, 1.807) is 0 Å². The van der Waals surface area contributed by atoms with E-state index in [-0.39, 0.29) is 12.6 Å². The van der Waals surface area contributed by atoms with Crippen molar-refractivity contribution in [3.8, 4) is 23.0 Å². The van der Waals surface area contributed by atoms with Gasteiger partial charge >= 0.3 is 0 Å². The van der Waals surface area contributed by atoms with Gasteiger partial charge in [0.15, 0.2) is 0 Å². The normalized spacial score (nSPS) is 15.7. The van der Waals surface area contributed by atoms with Crippen LogP contribution in [0.1, 0.15) is 24.1 Å². The third-order valence-corrected chi connectivity index (χ3v) is 6.23. The first-order valence-electron chi connectivity index (χ1n) is 10.7. The quantitative estimate of drug-likeness (QED) is 0.469. The Morgan fingerprint density at radius 3 is 2.62 bits per heavy atom. The van der Waals surface area contributed by atoms with Gasteiger partial charge in [-0.2, -0.15) is 0 Å². The van der Waals surface area contributed by atoms with Crippen molar-refractivity contribution in [3.05, 3.63) is 77.1 Å². The molecule has 0 amide bonds. The minimum absolute atomic E-state index is 0.145. The summed E-state index contributed by atoms with van der Waals surface area (Å²) >= 11 is 5.96. The molecule has 4 aromatic rings. The number of fused-ring (bicyclic) bond motifs is 1. The Labute approximate surface area is 192 Å². The Hall–Kier alpha value is -3.33. The van der Waals surface area contributed by atoms with Gasteiger partial charge in [0.25, 0.3) is 0 Å². The number of aliphatic hydroxyl groups is 1. The molecule has 160 valence electrons. The molecule has 0 radical (unpaired) electrons. The van der Waals surface area contributed by atoms with Gasteiger partial charge in [-0.25, -0.2) is 9.97 Å². The number of rotatable bonds is 3. The van der Waals surface area contributed by atoms with Crippen LogP contribution in [0.4, 0.5) is 5.95 Å². The van der Waals surface area contributed by atoms with Gasteiger partial charge in [0.2, 0.25) is 5.95 Å². The van der Waals surface area contributed by atoms with Crippen LogP contribution in [0.25, 0.3) is 22.2 Å². The van der Waals surface area contributed by atoms with Gasteiger partial charge in [-0.05, 0) is 60.7 Å². The van der Waals surface area contributed by atoms with Crippen molar-refractivity contribution < 1.29 is 5.11 Å². The molecule has 5 nitrogen and oxygen atoms in total. The lowest BCUT2D eigenvalue weighted by molar-refractivity contribution is 0.265. The van der Waals surface area contributed by atoms with Crippen LogP contribution >= 0.6 is 11.6 Å². The molecule has 32 heavy (non-hydrogen) atoms. The second-order valence-electron chi connectivity index (χ2n) is 8.04. The molecule has 2 aromatic heterocycles. The van der Waals surface area contributed by atoms with Crippen LogP contribution in [0.5, 0.6) is 0 Å². The highest BCUT2D eigenvalue weighted by Crippen LogP contribution is 2.28. The lowest BCUT2D eigenvalue weighted by atomic mass is 10.1. The molecule has 0 aliphatic carbocycles. The van der Waals surface area contributed by atoms with E-state index in [1.165, 1.54) is 0 Å². The minimum atomic E-state index is 0.145. The molecule has 1 saturated heterocycles. The molecule has 2 aromatic carbocycles. The van der Waals surface area contributed by atoms with Gasteiger partial charge in [-0.15, -0.1) is 0 Å². The summed E-state index contributed by atoms with van der Waals surface area (Å²) in [5, 5.41) is 10.4. The predicted octanol–water partition coefficient (Wildman–Crippen LogP) is 4.65. The molecule has 1 aliphatic heterocycles. The zero-order valence-electron chi connectivity index (χ0n) is 17.8. The zero-order chi connectivity index (χ0) is 22.1. The van der Waals surface area contributed by atoms with Crippen molar-refractivity contribution in [2.75, 3.05) is 18.1 Å². The number of pyridine rings is 1. The maximum absolute atomic E-state index is 9.67. The van der Waals surface area contributed by atoms with Crippen molar-refractivity contribution in [2.24, 2.45) is 7.05 Å². The van der Waals surface area contributed by atoms with Crippen LogP contribution in [-0.4, -0.2) is 38.8 Å². The van der Waals surface area contributed by atoms with E-state index in [9.17, 15) is 5.11 Å². The van der Waals surface area contributed by atoms with E-state index in [1.807, 2.05) is 61.8 Å². The highest BCUT2D eigenvalue weighted by Gasteiger charge is 2.27. The van der Waals surface area contributed by atoms with Crippen molar-refractivity contribution in [1.82, 2.24) is 14.5 Å². The molecule has 1 atom stereocenters. The number of imidazole rings is 1. The molecule has 1 N–H and O–H groups in total. The molecule has 5 rings (SSSR count). The fourth-order valence-corrected chi connectivity index (χ4v) is 4.35. The van der Waals surface area contributed by atoms with E-state index < -0.39 is 0 Å². The summed E-state index contributed by atoms with van der Waals surface area (Å²) in [4.78, 5) is 11.5. The molecule has 0 bridgehead atoms. The summed E-state index contributed by atoms with van der Waals surface area (Å²) in [7, 11) is 2.02. The summed E-state index contributed by atoms with van der Waals surface area (Å²) in [6, 6.07) is 17.9. The highest BCUT2D eigenvalue weighted by atomic mass is 35.5. The Morgan fingerprint density at radius 1 is 1.06 bits per heavy atom. The number of aryl methyl sites for hydroxylation is 1. The summed E-state index contributed by atoms with van der Waals surface area (Å²) < 4.78 is 2.09. The summed E-state index contributed by atoms with van der Waals surface area (Å²) in [5.74, 6) is 7.25. The van der Waals surface area contributed by atoms with Crippen molar-refractivity contribution >= 4 is 28.6 Å². The predicted molar refractivity (Wildman–Crippen MR) is 129 cm³/mol. The average molecular weight is 443 g/mol. The number of aromatic nitrogens is 3. The Morgan fingerprint density at radius 2 is 1.88 bits per heavy atom. The van der Waals surface area contributed by atoms with Crippen LogP contribution in [0.15, 0.2) is 60.8 Å². The molecule has 3 heterocycles. The Kier molecular flexibility index (Phi) is 5.57. The van der Waals surface area contributed by atoms with Crippen LogP contribution in [0.3, 0.4) is 0 Å². The number of anilines is 1. The topological polar surface area (TPSA) is 54.2 Å². The molecule has 6 heteroatoms. The molecular formula is C26H23ClN4O. The van der Waals surface area contributed by atoms with Gasteiger partial charge in [0.1, 0.15) is 5.69 Å². The second kappa shape index (κ2) is 8.66. The van der Waals surface area contributed by atoms with Gasteiger partial charge in [-0.1, -0.05) is 35.7 Å². The van der Waals surface area contributed by atoms with Crippen LogP contribution in [0.2, 0.25) is 5.02 Å². The van der Waals surface area contributed by atoms with Crippen LogP contribution in [0, 0.1) is 11.8 Å². The summed E-state index contributed by atoms with van der Waals surface area (Å²) in [6.07, 6.45) is 3.91. The fourth-order valence-electron chi connectivity index (χ4n) is 4.23. The monoisotopic (exact) mass is 442 g/mol. The Balaban J connectivity index is 1.39. The average Bonchev–Trinajstić information content (AvgIpc) is 3.42. The summed E-state index contributed by atoms with van der Waals surface area (Å²) in [5.41, 5.74) is 5.67. The standard InChI is InChI=1S/C26H23ClN4O/c1-30-25-13-5-18(15-24(25)29-26(30)31-14-2-3-23(31)17-32)4-11-22-12-8-20(16-28-22)19-6-9-21(27)10-7-19/h5-10,12-13,15-16,23,32H,2-3,14,17H2,1H3. The van der Waals surface area contributed by atoms with E-state index in [2.05, 4.69) is 32.4 Å². The molecule has 0 saturated carbocycles. The minimum Gasteiger partial charge on any atom is -0.394 e. The first kappa shape index (κ1) is 20.6. The van der Waals surface area contributed by atoms with Crippen LogP contribution in [-0.2, 0) is 7.05 Å². The smallest absolute Gasteiger partial charge is 0.206 e. The Bertz CT molecular complexity index is 1320. The SMILES string of the molecule is Cn1c(N2CCCC2CO)nc2cc(C#Cc3ccc(-c4ccc(Cl)cc4)cn3)ccc21. The number of aliphatic hydroxyl groups excluding tert-OH is 1. The maximum atomic E-state index is 9.67. The highest BCUT2D eigenvalue weighted by molar-refractivity contribution is 6.30. The maximum Gasteiger partial charge on any atom is 0.206 e. The first-order valence-corrected chi connectivity index (χ1v) is 11.1. The number of benzene rings is 2. The van der Waals surface area contributed by atoms with Gasteiger partial charge in [0.05, 0.1) is 23.7 Å². The molecule has 0 spiro atoms. The number of nitrogens with zero attached hydrogens (tertiary/aromatic N) is 4. The number of hydrogen-bond acceptors (Lipinski definition) is 4. The third kappa shape index (κ3) is 3.95. The number of halogens is 1. The van der Waals surface area contributed by atoms with E-state index in [4.69, 9.17) is 16.6 Å². The molecule has 1 fully saturated rings. The van der Waals surface area contributed by atoms with Gasteiger partial charge in [0, 0.05) is 35.9 Å². The summed E-state index contributed by atoms with van der Waals surface area (Å²) in [6.45, 7) is 1.08. The lowest BCUT2D eigenvalue weighted by Crippen LogP contribution is -2.33. The van der Waals surface area contributed by atoms with E-state index in [0.29, 0.717) is 5.69 Å². The molecule has 1 aliphatic rings. The number of hydrogen-bond donors (Lipinski definition) is 1. The molecule has 1 unspecified atom stereocenters. The zero-order valence-corrected chi connectivity index (χ0v) is 18.5. The molecular weight excluding hydrogens is 420 g/mol. The van der Waals surface area contributed by atoms with Gasteiger partial charge in [-0.3, -0.25) is 0 Å². The largest absolute Gasteiger partial charge is 0.394 e. The third-order valence-electron chi connectivity index (χ3n) is 5.98. The second-order valence-corrected chi connectivity index (χ2v) is 8.47. The van der Waals surface area contributed by atoms with Crippen molar-refractivity contribution in [3.63, 3.8) is 0 Å². The first-order chi connectivity index (χ1) is 15.6.